The van der Waals surface area contributed by atoms with Gasteiger partial charge < -0.3 is 9.26 Å². The third-order valence-electron chi connectivity index (χ3n) is 4.42. The molecule has 1 saturated heterocycles. The van der Waals surface area contributed by atoms with E-state index in [1.54, 1.807) is 11.0 Å². The van der Waals surface area contributed by atoms with Gasteiger partial charge in [0.25, 0.3) is 5.91 Å². The summed E-state index contributed by atoms with van der Waals surface area (Å²) >= 11 is 4.98. The molecule has 3 heterocycles. The molecule has 0 atom stereocenters. The summed E-state index contributed by atoms with van der Waals surface area (Å²) in [5.41, 5.74) is 0.877. The predicted molar refractivity (Wildman–Crippen MR) is 115 cm³/mol. The molecule has 4 rings (SSSR count). The van der Waals surface area contributed by atoms with Crippen LogP contribution in [0.3, 0.4) is 0 Å². The fourth-order valence-electron chi connectivity index (χ4n) is 3.02. The number of carbonyl (C=O) groups is 1. The maximum absolute atomic E-state index is 12.9. The number of halogens is 2. The normalized spacial score (nSPS) is 14.8. The van der Waals surface area contributed by atoms with Crippen LogP contribution in [0.4, 0.5) is 5.13 Å². The summed E-state index contributed by atoms with van der Waals surface area (Å²) in [6.45, 7) is 4.90. The quantitative estimate of drug-likeness (QED) is 0.526. The van der Waals surface area contributed by atoms with Gasteiger partial charge in [0.05, 0.1) is 29.6 Å². The molecule has 10 heteroatoms. The monoisotopic (exact) mass is 486 g/mol. The van der Waals surface area contributed by atoms with Crippen LogP contribution in [0.15, 0.2) is 39.5 Å². The fourth-order valence-corrected chi connectivity index (χ4v) is 4.56. The fraction of sp³-hybridized carbons (Fsp3) is 0.389. The largest absolute Gasteiger partial charge is 0.379 e. The summed E-state index contributed by atoms with van der Waals surface area (Å²) in [5, 5.41) is 4.33. The summed E-state index contributed by atoms with van der Waals surface area (Å²) in [5.74, 6) is 0.00871. The van der Waals surface area contributed by atoms with Gasteiger partial charge in [0.1, 0.15) is 0 Å². The van der Waals surface area contributed by atoms with Crippen LogP contribution >= 0.6 is 39.7 Å². The van der Waals surface area contributed by atoms with Crippen LogP contribution in [0.2, 0.25) is 0 Å². The third-order valence-corrected chi connectivity index (χ3v) is 5.96. The number of morpholine rings is 1. The maximum Gasteiger partial charge on any atom is 0.298 e. The van der Waals surface area contributed by atoms with E-state index in [1.165, 1.54) is 17.5 Å². The summed E-state index contributed by atoms with van der Waals surface area (Å²) in [6, 6.07) is 7.50. The molecule has 28 heavy (non-hydrogen) atoms. The van der Waals surface area contributed by atoms with Gasteiger partial charge in [-0.15, -0.1) is 12.4 Å². The van der Waals surface area contributed by atoms with E-state index in [4.69, 9.17) is 9.26 Å². The minimum atomic E-state index is -0.215. The van der Waals surface area contributed by atoms with Gasteiger partial charge in [0, 0.05) is 36.7 Å². The van der Waals surface area contributed by atoms with Crippen molar-refractivity contribution in [3.05, 3.63) is 40.7 Å². The first-order chi connectivity index (χ1) is 13.2. The second kappa shape index (κ2) is 9.80. The molecule has 1 fully saturated rings. The van der Waals surface area contributed by atoms with E-state index in [0.29, 0.717) is 11.7 Å². The number of aromatic nitrogens is 2. The van der Waals surface area contributed by atoms with E-state index in [0.717, 1.165) is 54.0 Å². The number of hydrogen-bond donors (Lipinski definition) is 0. The zero-order chi connectivity index (χ0) is 18.6. The number of carbonyl (C=O) groups excluding carboxylic acids is 1. The van der Waals surface area contributed by atoms with Crippen LogP contribution in [0.5, 0.6) is 0 Å². The van der Waals surface area contributed by atoms with Crippen molar-refractivity contribution in [3.63, 3.8) is 0 Å². The molecule has 0 aliphatic carbocycles. The van der Waals surface area contributed by atoms with Crippen molar-refractivity contribution >= 4 is 60.9 Å². The molecule has 0 unspecified atom stereocenters. The summed E-state index contributed by atoms with van der Waals surface area (Å²) in [4.78, 5) is 21.7. The molecule has 1 amide bonds. The van der Waals surface area contributed by atoms with Gasteiger partial charge in [0.15, 0.2) is 5.13 Å². The molecule has 7 nitrogen and oxygen atoms in total. The van der Waals surface area contributed by atoms with Crippen LogP contribution in [0, 0.1) is 0 Å². The number of anilines is 1. The summed E-state index contributed by atoms with van der Waals surface area (Å²) in [6.07, 6.45) is 2.33. The molecular formula is C18H20BrClN4O3S. The number of amides is 1. The number of ether oxygens (including phenoxy) is 1. The molecule has 0 N–H and O–H groups in total. The average molecular weight is 488 g/mol. The highest BCUT2D eigenvalue weighted by Crippen LogP contribution is 2.31. The SMILES string of the molecule is Cl.O=C(c1ccno1)N(CCCN1CCOCC1)c1nc2ccc(Br)cc2s1. The number of nitrogens with zero attached hydrogens (tertiary/aromatic N) is 4. The van der Waals surface area contributed by atoms with Gasteiger partial charge in [-0.3, -0.25) is 14.6 Å². The minimum absolute atomic E-state index is 0. The smallest absolute Gasteiger partial charge is 0.298 e. The first-order valence-corrected chi connectivity index (χ1v) is 10.4. The third kappa shape index (κ3) is 4.90. The van der Waals surface area contributed by atoms with Gasteiger partial charge >= 0.3 is 0 Å². The van der Waals surface area contributed by atoms with E-state index in [2.05, 4.69) is 31.0 Å². The second-order valence-electron chi connectivity index (χ2n) is 6.25. The topological polar surface area (TPSA) is 71.7 Å². The Morgan fingerprint density at radius 1 is 1.29 bits per heavy atom. The lowest BCUT2D eigenvalue weighted by atomic mass is 10.3. The Bertz CT molecular complexity index is 915. The maximum atomic E-state index is 12.9. The van der Waals surface area contributed by atoms with Crippen molar-refractivity contribution in [1.82, 2.24) is 15.0 Å². The lowest BCUT2D eigenvalue weighted by Gasteiger charge is -2.27. The first-order valence-electron chi connectivity index (χ1n) is 8.79. The Balaban J connectivity index is 0.00000225. The number of hydrogen-bond acceptors (Lipinski definition) is 7. The van der Waals surface area contributed by atoms with Crippen LogP contribution in [0.25, 0.3) is 10.2 Å². The number of rotatable bonds is 6. The highest BCUT2D eigenvalue weighted by atomic mass is 79.9. The van der Waals surface area contributed by atoms with Crippen molar-refractivity contribution in [2.24, 2.45) is 0 Å². The Kier molecular flexibility index (Phi) is 7.42. The summed E-state index contributed by atoms with van der Waals surface area (Å²) < 4.78 is 12.5. The van der Waals surface area contributed by atoms with Crippen molar-refractivity contribution in [2.75, 3.05) is 44.3 Å². The Morgan fingerprint density at radius 3 is 2.86 bits per heavy atom. The molecular weight excluding hydrogens is 468 g/mol. The number of benzene rings is 1. The van der Waals surface area contributed by atoms with Gasteiger partial charge in [0.2, 0.25) is 5.76 Å². The average Bonchev–Trinajstić information content (AvgIpc) is 3.35. The van der Waals surface area contributed by atoms with Crippen molar-refractivity contribution in [1.29, 1.82) is 0 Å². The molecule has 0 bridgehead atoms. The van der Waals surface area contributed by atoms with E-state index in [-0.39, 0.29) is 24.1 Å². The van der Waals surface area contributed by atoms with Crippen LogP contribution in [-0.4, -0.2) is 60.3 Å². The number of thiazole rings is 1. The molecule has 3 aromatic rings. The highest BCUT2D eigenvalue weighted by molar-refractivity contribution is 9.10. The van der Waals surface area contributed by atoms with E-state index >= 15 is 0 Å². The first kappa shape index (κ1) is 21.2. The molecule has 1 aliphatic rings. The predicted octanol–water partition coefficient (Wildman–Crippen LogP) is 3.84. The van der Waals surface area contributed by atoms with Crippen molar-refractivity contribution in [2.45, 2.75) is 6.42 Å². The lowest BCUT2D eigenvalue weighted by molar-refractivity contribution is 0.0376. The minimum Gasteiger partial charge on any atom is -0.379 e. The number of fused-ring (bicyclic) bond motifs is 1. The van der Waals surface area contributed by atoms with Crippen molar-refractivity contribution < 1.29 is 14.1 Å². The zero-order valence-electron chi connectivity index (χ0n) is 15.0. The van der Waals surface area contributed by atoms with Crippen LogP contribution in [-0.2, 0) is 4.74 Å². The van der Waals surface area contributed by atoms with Gasteiger partial charge in [-0.2, -0.15) is 0 Å². The van der Waals surface area contributed by atoms with Gasteiger partial charge in [-0.05, 0) is 24.6 Å². The van der Waals surface area contributed by atoms with E-state index < -0.39 is 0 Å². The second-order valence-corrected chi connectivity index (χ2v) is 8.17. The molecule has 0 spiro atoms. The van der Waals surface area contributed by atoms with Crippen LogP contribution in [0.1, 0.15) is 17.0 Å². The molecule has 2 aromatic heterocycles. The molecule has 1 aromatic carbocycles. The lowest BCUT2D eigenvalue weighted by Crippen LogP contribution is -2.39. The Morgan fingerprint density at radius 2 is 2.11 bits per heavy atom. The summed E-state index contributed by atoms with van der Waals surface area (Å²) in [7, 11) is 0. The van der Waals surface area contributed by atoms with E-state index in [1.807, 2.05) is 18.2 Å². The molecule has 0 saturated carbocycles. The standard InChI is InChI=1S/C18H19BrN4O3S.ClH/c19-13-2-3-14-16(12-13)27-18(21-14)23(17(24)15-4-5-20-26-15)7-1-6-22-8-10-25-11-9-22;/h2-5,12H,1,6-11H2;1H. The molecule has 1 aliphatic heterocycles. The highest BCUT2D eigenvalue weighted by Gasteiger charge is 2.24. The van der Waals surface area contributed by atoms with Gasteiger partial charge in [-0.1, -0.05) is 32.4 Å². The van der Waals surface area contributed by atoms with Crippen molar-refractivity contribution in [3.8, 4) is 0 Å². The molecule has 0 radical (unpaired) electrons. The molecule has 150 valence electrons. The Labute approximate surface area is 181 Å². The van der Waals surface area contributed by atoms with E-state index in [9.17, 15) is 4.79 Å². The zero-order valence-corrected chi connectivity index (χ0v) is 18.3. The Hall–Kier alpha value is -1.52. The van der Waals surface area contributed by atoms with Crippen LogP contribution < -0.4 is 4.90 Å². The van der Waals surface area contributed by atoms with Gasteiger partial charge in [-0.25, -0.2) is 4.98 Å².